The van der Waals surface area contributed by atoms with Crippen LogP contribution in [0.2, 0.25) is 0 Å². The number of hydrogen-bond donors (Lipinski definition) is 0. The van der Waals surface area contributed by atoms with Crippen molar-refractivity contribution in [3.63, 3.8) is 0 Å². The number of rotatable bonds is 0. The Balaban J connectivity index is 1.98. The fourth-order valence-electron chi connectivity index (χ4n) is 2.05. The predicted octanol–water partition coefficient (Wildman–Crippen LogP) is 2.00. The molecule has 11 heavy (non-hydrogen) atoms. The van der Waals surface area contributed by atoms with Crippen molar-refractivity contribution in [2.45, 2.75) is 50.2 Å². The Kier molecular flexibility index (Phi) is 1.61. The number of nitriles is 1. The van der Waals surface area contributed by atoms with Crippen molar-refractivity contribution in [3.8, 4) is 6.07 Å². The van der Waals surface area contributed by atoms with Crippen LogP contribution < -0.4 is 0 Å². The van der Waals surface area contributed by atoms with E-state index < -0.39 is 0 Å². The van der Waals surface area contributed by atoms with Crippen LogP contribution in [-0.2, 0) is 4.74 Å². The minimum Gasteiger partial charge on any atom is -0.350 e. The first-order valence-electron chi connectivity index (χ1n) is 4.45. The van der Waals surface area contributed by atoms with Crippen molar-refractivity contribution in [3.05, 3.63) is 0 Å². The van der Waals surface area contributed by atoms with Crippen LogP contribution in [0.5, 0.6) is 0 Å². The largest absolute Gasteiger partial charge is 0.350 e. The third kappa shape index (κ3) is 1.14. The number of epoxide rings is 1. The summed E-state index contributed by atoms with van der Waals surface area (Å²) < 4.78 is 5.41. The van der Waals surface area contributed by atoms with Crippen molar-refractivity contribution in [2.75, 3.05) is 0 Å². The van der Waals surface area contributed by atoms with Crippen molar-refractivity contribution < 1.29 is 4.74 Å². The lowest BCUT2D eigenvalue weighted by molar-refractivity contribution is 0.274. The van der Waals surface area contributed by atoms with E-state index in [1.165, 1.54) is 25.7 Å². The highest BCUT2D eigenvalue weighted by atomic mass is 16.6. The van der Waals surface area contributed by atoms with E-state index in [0.29, 0.717) is 0 Å². The molecule has 1 saturated heterocycles. The molecule has 1 spiro atoms. The number of hydrogen-bond acceptors (Lipinski definition) is 2. The van der Waals surface area contributed by atoms with Gasteiger partial charge in [0.15, 0.2) is 6.10 Å². The molecule has 2 nitrogen and oxygen atoms in total. The molecule has 0 bridgehead atoms. The van der Waals surface area contributed by atoms with Gasteiger partial charge in [-0.15, -0.1) is 0 Å². The van der Waals surface area contributed by atoms with Gasteiger partial charge in [0.05, 0.1) is 6.07 Å². The van der Waals surface area contributed by atoms with Gasteiger partial charge in [-0.05, 0) is 12.8 Å². The van der Waals surface area contributed by atoms with Crippen molar-refractivity contribution in [1.82, 2.24) is 0 Å². The molecule has 2 aliphatic rings. The summed E-state index contributed by atoms with van der Waals surface area (Å²) in [7, 11) is 0. The minimum absolute atomic E-state index is 0.0191. The standard InChI is InChI=1S/C9H13NO/c10-7-8-9(11-8)5-3-1-2-4-6-9/h8H,1-6H2. The van der Waals surface area contributed by atoms with Gasteiger partial charge >= 0.3 is 0 Å². The molecular formula is C9H13NO. The second kappa shape index (κ2) is 2.49. The van der Waals surface area contributed by atoms with E-state index in [-0.39, 0.29) is 11.7 Å². The smallest absolute Gasteiger partial charge is 0.173 e. The highest BCUT2D eigenvalue weighted by Gasteiger charge is 2.55. The van der Waals surface area contributed by atoms with E-state index in [2.05, 4.69) is 6.07 Å². The topological polar surface area (TPSA) is 36.3 Å². The number of nitrogens with zero attached hydrogens (tertiary/aromatic N) is 1. The Bertz CT molecular complexity index is 186. The van der Waals surface area contributed by atoms with Crippen LogP contribution in [0.15, 0.2) is 0 Å². The van der Waals surface area contributed by atoms with Crippen molar-refractivity contribution >= 4 is 0 Å². The van der Waals surface area contributed by atoms with Crippen LogP contribution in [0.1, 0.15) is 38.5 Å². The summed E-state index contributed by atoms with van der Waals surface area (Å²) in [6.07, 6.45) is 7.31. The van der Waals surface area contributed by atoms with E-state index >= 15 is 0 Å². The van der Waals surface area contributed by atoms with Gasteiger partial charge in [-0.2, -0.15) is 5.26 Å². The monoisotopic (exact) mass is 151 g/mol. The Morgan fingerprint density at radius 1 is 1.18 bits per heavy atom. The van der Waals surface area contributed by atoms with Crippen LogP contribution >= 0.6 is 0 Å². The van der Waals surface area contributed by atoms with Gasteiger partial charge in [0.2, 0.25) is 0 Å². The lowest BCUT2D eigenvalue weighted by Crippen LogP contribution is -2.12. The Morgan fingerprint density at radius 3 is 2.27 bits per heavy atom. The number of ether oxygens (including phenoxy) is 1. The van der Waals surface area contributed by atoms with Crippen molar-refractivity contribution in [2.24, 2.45) is 0 Å². The third-order valence-corrected chi connectivity index (χ3v) is 2.84. The summed E-state index contributed by atoms with van der Waals surface area (Å²) in [5.74, 6) is 0. The molecule has 2 heteroatoms. The van der Waals surface area contributed by atoms with Crippen LogP contribution in [0, 0.1) is 11.3 Å². The second-order valence-corrected chi connectivity index (χ2v) is 3.61. The van der Waals surface area contributed by atoms with Gasteiger partial charge in [0.1, 0.15) is 5.60 Å². The molecule has 0 N–H and O–H groups in total. The molecule has 1 aliphatic heterocycles. The molecule has 1 atom stereocenters. The maximum Gasteiger partial charge on any atom is 0.173 e. The van der Waals surface area contributed by atoms with Crippen molar-refractivity contribution in [1.29, 1.82) is 5.26 Å². The molecule has 2 rings (SSSR count). The minimum atomic E-state index is -0.0689. The molecule has 0 aromatic carbocycles. The summed E-state index contributed by atoms with van der Waals surface area (Å²) in [5.41, 5.74) is 0.0191. The summed E-state index contributed by atoms with van der Waals surface area (Å²) in [6, 6.07) is 2.20. The zero-order valence-electron chi connectivity index (χ0n) is 6.68. The van der Waals surface area contributed by atoms with Crippen LogP contribution in [0.25, 0.3) is 0 Å². The van der Waals surface area contributed by atoms with Gasteiger partial charge < -0.3 is 4.74 Å². The van der Waals surface area contributed by atoms with E-state index in [0.717, 1.165) is 12.8 Å². The molecule has 1 heterocycles. The Morgan fingerprint density at radius 2 is 1.82 bits per heavy atom. The lowest BCUT2D eigenvalue weighted by atomic mass is 9.97. The Hall–Kier alpha value is -0.550. The lowest BCUT2D eigenvalue weighted by Gasteiger charge is -2.04. The maximum atomic E-state index is 8.64. The van der Waals surface area contributed by atoms with Crippen LogP contribution in [-0.4, -0.2) is 11.7 Å². The molecule has 1 unspecified atom stereocenters. The normalized spacial score (nSPS) is 34.3. The maximum absolute atomic E-state index is 8.64. The predicted molar refractivity (Wildman–Crippen MR) is 40.9 cm³/mol. The molecule has 0 aromatic rings. The molecule has 0 aromatic heterocycles. The van der Waals surface area contributed by atoms with E-state index in [4.69, 9.17) is 10.00 Å². The summed E-state index contributed by atoms with van der Waals surface area (Å²) >= 11 is 0. The summed E-state index contributed by atoms with van der Waals surface area (Å²) in [4.78, 5) is 0. The first kappa shape index (κ1) is 7.12. The highest BCUT2D eigenvalue weighted by Crippen LogP contribution is 2.46. The third-order valence-electron chi connectivity index (χ3n) is 2.84. The molecule has 1 saturated carbocycles. The van der Waals surface area contributed by atoms with E-state index in [9.17, 15) is 0 Å². The Labute approximate surface area is 67.2 Å². The zero-order valence-corrected chi connectivity index (χ0v) is 6.68. The van der Waals surface area contributed by atoms with Gasteiger partial charge in [0.25, 0.3) is 0 Å². The molecule has 60 valence electrons. The molecular weight excluding hydrogens is 138 g/mol. The molecule has 0 amide bonds. The average Bonchev–Trinajstić information content (AvgIpc) is 2.76. The first-order valence-corrected chi connectivity index (χ1v) is 4.45. The first-order chi connectivity index (χ1) is 5.37. The van der Waals surface area contributed by atoms with E-state index in [1.807, 2.05) is 0 Å². The zero-order chi connectivity index (χ0) is 7.73. The van der Waals surface area contributed by atoms with Gasteiger partial charge in [-0.1, -0.05) is 25.7 Å². The summed E-state index contributed by atoms with van der Waals surface area (Å²) in [6.45, 7) is 0. The molecule has 1 aliphatic carbocycles. The average molecular weight is 151 g/mol. The van der Waals surface area contributed by atoms with Crippen LogP contribution in [0.3, 0.4) is 0 Å². The van der Waals surface area contributed by atoms with E-state index in [1.54, 1.807) is 0 Å². The second-order valence-electron chi connectivity index (χ2n) is 3.61. The molecule has 0 radical (unpaired) electrons. The highest BCUT2D eigenvalue weighted by molar-refractivity contribution is 5.14. The quantitative estimate of drug-likeness (QED) is 0.496. The van der Waals surface area contributed by atoms with Crippen LogP contribution in [0.4, 0.5) is 0 Å². The van der Waals surface area contributed by atoms with Gasteiger partial charge in [-0.25, -0.2) is 0 Å². The van der Waals surface area contributed by atoms with Gasteiger partial charge in [-0.3, -0.25) is 0 Å². The van der Waals surface area contributed by atoms with Gasteiger partial charge in [0, 0.05) is 0 Å². The summed E-state index contributed by atoms with van der Waals surface area (Å²) in [5, 5.41) is 8.64. The molecule has 2 fully saturated rings. The fraction of sp³-hybridized carbons (Fsp3) is 0.889. The SMILES string of the molecule is N#CC1OC12CCCCCC2. The fourth-order valence-corrected chi connectivity index (χ4v) is 2.05.